The normalized spacial score (nSPS) is 10.4. The Hall–Kier alpha value is -0.950. The Morgan fingerprint density at radius 2 is 2.11 bits per heavy atom. The molecule has 6 heteroatoms. The number of halogens is 2. The molecule has 0 aliphatic carbocycles. The van der Waals surface area contributed by atoms with Crippen molar-refractivity contribution in [3.05, 3.63) is 44.1 Å². The van der Waals surface area contributed by atoms with Gasteiger partial charge in [0.05, 0.1) is 16.4 Å². The number of hydrogen-bond acceptors (Lipinski definition) is 4. The maximum Gasteiger partial charge on any atom is 0.212 e. The van der Waals surface area contributed by atoms with Crippen LogP contribution in [0.25, 0.3) is 0 Å². The number of rotatable bonds is 3. The fourth-order valence-corrected chi connectivity index (χ4v) is 1.95. The van der Waals surface area contributed by atoms with Crippen LogP contribution in [0.2, 0.25) is 5.15 Å². The van der Waals surface area contributed by atoms with Gasteiger partial charge in [-0.3, -0.25) is 0 Å². The summed E-state index contributed by atoms with van der Waals surface area (Å²) in [6, 6.07) is 3.76. The Labute approximate surface area is 124 Å². The molecule has 0 aromatic carbocycles. The van der Waals surface area contributed by atoms with Gasteiger partial charge in [0.15, 0.2) is 0 Å². The molecule has 0 spiro atoms. The summed E-state index contributed by atoms with van der Waals surface area (Å²) in [5, 5.41) is 0.500. The maximum atomic E-state index is 6.04. The zero-order valence-electron chi connectivity index (χ0n) is 9.94. The molecule has 4 nitrogen and oxygen atoms in total. The molecule has 0 amide bonds. The molecule has 0 aliphatic rings. The highest BCUT2D eigenvalue weighted by atomic mass is 127. The standard InChI is InChI=1S/C12H11ClIN3O/c1-7-11(14)12(13)17-9(16-7)5-8-3-4-10(18-2)15-6-8/h3-4,6H,5H2,1-2H3. The number of nitrogens with zero attached hydrogens (tertiary/aromatic N) is 3. The zero-order chi connectivity index (χ0) is 13.1. The molecule has 0 aliphatic heterocycles. The van der Waals surface area contributed by atoms with Crippen molar-refractivity contribution in [2.75, 3.05) is 7.11 Å². The van der Waals surface area contributed by atoms with E-state index in [1.54, 1.807) is 13.3 Å². The highest BCUT2D eigenvalue weighted by Crippen LogP contribution is 2.19. The van der Waals surface area contributed by atoms with Gasteiger partial charge in [0, 0.05) is 18.7 Å². The summed E-state index contributed by atoms with van der Waals surface area (Å²) in [5.41, 5.74) is 1.92. The number of hydrogen-bond donors (Lipinski definition) is 0. The van der Waals surface area contributed by atoms with E-state index in [0.29, 0.717) is 23.3 Å². The lowest BCUT2D eigenvalue weighted by Crippen LogP contribution is -2.02. The third-order valence-corrected chi connectivity index (χ3v) is 4.28. The van der Waals surface area contributed by atoms with Crippen LogP contribution in [0.3, 0.4) is 0 Å². The molecular weight excluding hydrogens is 365 g/mol. The number of aryl methyl sites for hydroxylation is 1. The van der Waals surface area contributed by atoms with Gasteiger partial charge < -0.3 is 4.74 Å². The lowest BCUT2D eigenvalue weighted by atomic mass is 10.2. The fraction of sp³-hybridized carbons (Fsp3) is 0.250. The molecule has 0 saturated carbocycles. The number of pyridine rings is 1. The van der Waals surface area contributed by atoms with Crippen molar-refractivity contribution in [3.8, 4) is 5.88 Å². The molecule has 94 valence electrons. The van der Waals surface area contributed by atoms with Gasteiger partial charge in [-0.15, -0.1) is 0 Å². The average molecular weight is 376 g/mol. The summed E-state index contributed by atoms with van der Waals surface area (Å²) >= 11 is 8.18. The van der Waals surface area contributed by atoms with Gasteiger partial charge >= 0.3 is 0 Å². The van der Waals surface area contributed by atoms with Crippen LogP contribution in [0, 0.1) is 10.5 Å². The first-order valence-corrected chi connectivity index (χ1v) is 6.73. The van der Waals surface area contributed by atoms with Crippen LogP contribution in [-0.4, -0.2) is 22.1 Å². The van der Waals surface area contributed by atoms with Crippen LogP contribution in [-0.2, 0) is 6.42 Å². The van der Waals surface area contributed by atoms with Crippen molar-refractivity contribution >= 4 is 34.2 Å². The van der Waals surface area contributed by atoms with Gasteiger partial charge in [0.2, 0.25) is 5.88 Å². The van der Waals surface area contributed by atoms with E-state index in [9.17, 15) is 0 Å². The first kappa shape index (κ1) is 13.5. The van der Waals surface area contributed by atoms with Crippen LogP contribution in [0.4, 0.5) is 0 Å². The second-order valence-electron chi connectivity index (χ2n) is 3.72. The predicted molar refractivity (Wildman–Crippen MR) is 78.1 cm³/mol. The van der Waals surface area contributed by atoms with Crippen LogP contribution in [0.5, 0.6) is 5.88 Å². The monoisotopic (exact) mass is 375 g/mol. The van der Waals surface area contributed by atoms with Crippen molar-refractivity contribution in [1.29, 1.82) is 0 Å². The second-order valence-corrected chi connectivity index (χ2v) is 5.15. The quantitative estimate of drug-likeness (QED) is 0.611. The highest BCUT2D eigenvalue weighted by molar-refractivity contribution is 14.1. The summed E-state index contributed by atoms with van der Waals surface area (Å²) in [5.74, 6) is 1.29. The SMILES string of the molecule is COc1ccc(Cc2nc(C)c(I)c(Cl)n2)cn1. The van der Waals surface area contributed by atoms with E-state index in [1.165, 1.54) is 0 Å². The van der Waals surface area contributed by atoms with E-state index in [0.717, 1.165) is 14.8 Å². The van der Waals surface area contributed by atoms with E-state index < -0.39 is 0 Å². The van der Waals surface area contributed by atoms with Crippen molar-refractivity contribution in [2.45, 2.75) is 13.3 Å². The molecule has 2 rings (SSSR count). The Morgan fingerprint density at radius 3 is 2.67 bits per heavy atom. The van der Waals surface area contributed by atoms with Crippen molar-refractivity contribution < 1.29 is 4.74 Å². The maximum absolute atomic E-state index is 6.04. The third-order valence-electron chi connectivity index (χ3n) is 2.39. The van der Waals surface area contributed by atoms with E-state index in [-0.39, 0.29) is 0 Å². The molecule has 0 bridgehead atoms. The minimum absolute atomic E-state index is 0.500. The van der Waals surface area contributed by atoms with E-state index in [2.05, 4.69) is 37.5 Å². The topological polar surface area (TPSA) is 47.9 Å². The van der Waals surface area contributed by atoms with Crippen LogP contribution in [0.15, 0.2) is 18.3 Å². The van der Waals surface area contributed by atoms with Crippen molar-refractivity contribution in [3.63, 3.8) is 0 Å². The number of ether oxygens (including phenoxy) is 1. The first-order chi connectivity index (χ1) is 8.60. The smallest absolute Gasteiger partial charge is 0.212 e. The third kappa shape index (κ3) is 3.08. The van der Waals surface area contributed by atoms with Crippen LogP contribution < -0.4 is 4.74 Å². The van der Waals surface area contributed by atoms with E-state index >= 15 is 0 Å². The molecule has 0 fully saturated rings. The van der Waals surface area contributed by atoms with Gasteiger partial charge in [0.25, 0.3) is 0 Å². The van der Waals surface area contributed by atoms with Crippen LogP contribution in [0.1, 0.15) is 17.1 Å². The minimum Gasteiger partial charge on any atom is -0.481 e. The van der Waals surface area contributed by atoms with Gasteiger partial charge in [-0.25, -0.2) is 15.0 Å². The predicted octanol–water partition coefficient (Wildman–Crippen LogP) is 3.04. The molecule has 0 atom stereocenters. The number of methoxy groups -OCH3 is 1. The lowest BCUT2D eigenvalue weighted by Gasteiger charge is -2.05. The van der Waals surface area contributed by atoms with Crippen molar-refractivity contribution in [2.24, 2.45) is 0 Å². The van der Waals surface area contributed by atoms with Crippen LogP contribution >= 0.6 is 34.2 Å². The largest absolute Gasteiger partial charge is 0.481 e. The first-order valence-electron chi connectivity index (χ1n) is 5.27. The average Bonchev–Trinajstić information content (AvgIpc) is 2.37. The minimum atomic E-state index is 0.500. The molecule has 0 N–H and O–H groups in total. The Balaban J connectivity index is 2.23. The Bertz CT molecular complexity index is 537. The highest BCUT2D eigenvalue weighted by Gasteiger charge is 2.08. The lowest BCUT2D eigenvalue weighted by molar-refractivity contribution is 0.397. The summed E-state index contributed by atoms with van der Waals surface area (Å²) in [6.07, 6.45) is 2.36. The van der Waals surface area contributed by atoms with Gasteiger partial charge in [-0.2, -0.15) is 0 Å². The molecule has 18 heavy (non-hydrogen) atoms. The summed E-state index contributed by atoms with van der Waals surface area (Å²) in [6.45, 7) is 1.92. The van der Waals surface area contributed by atoms with E-state index in [4.69, 9.17) is 16.3 Å². The van der Waals surface area contributed by atoms with Gasteiger partial charge in [-0.05, 0) is 35.1 Å². The second kappa shape index (κ2) is 5.79. The molecular formula is C12H11ClIN3O. The summed E-state index contributed by atoms with van der Waals surface area (Å²) < 4.78 is 5.90. The van der Waals surface area contributed by atoms with Crippen molar-refractivity contribution in [1.82, 2.24) is 15.0 Å². The molecule has 0 unspecified atom stereocenters. The zero-order valence-corrected chi connectivity index (χ0v) is 12.9. The Morgan fingerprint density at radius 1 is 1.33 bits per heavy atom. The van der Waals surface area contributed by atoms with E-state index in [1.807, 2.05) is 19.1 Å². The van der Waals surface area contributed by atoms with Gasteiger partial charge in [0.1, 0.15) is 11.0 Å². The summed E-state index contributed by atoms with van der Waals surface area (Å²) in [7, 11) is 1.59. The Kier molecular flexibility index (Phi) is 4.34. The molecule has 2 aromatic rings. The fourth-order valence-electron chi connectivity index (χ4n) is 1.48. The molecule has 0 radical (unpaired) electrons. The summed E-state index contributed by atoms with van der Waals surface area (Å²) in [4.78, 5) is 12.8. The molecule has 2 aromatic heterocycles. The molecule has 0 saturated heterocycles. The van der Waals surface area contributed by atoms with Gasteiger partial charge in [-0.1, -0.05) is 17.7 Å². The molecule has 2 heterocycles. The number of aromatic nitrogens is 3.